The van der Waals surface area contributed by atoms with Gasteiger partial charge in [0.15, 0.2) is 0 Å². The first-order valence-corrected chi connectivity index (χ1v) is 13.4. The van der Waals surface area contributed by atoms with Crippen LogP contribution in [0.3, 0.4) is 0 Å². The van der Waals surface area contributed by atoms with E-state index < -0.39 is 0 Å². The molecule has 0 aliphatic carbocycles. The second-order valence-electron chi connectivity index (χ2n) is 8.17. The van der Waals surface area contributed by atoms with E-state index in [9.17, 15) is 4.79 Å². The van der Waals surface area contributed by atoms with Crippen LogP contribution in [0.5, 0.6) is 0 Å². The smallest absolute Gasteiger partial charge is 0.241 e. The monoisotopic (exact) mass is 538 g/mol. The van der Waals surface area contributed by atoms with Gasteiger partial charge in [-0.3, -0.25) is 9.69 Å². The molecule has 10 heteroatoms. The van der Waals surface area contributed by atoms with E-state index in [0.717, 1.165) is 42.0 Å². The Labute approximate surface area is 218 Å². The van der Waals surface area contributed by atoms with Crippen molar-refractivity contribution in [2.45, 2.75) is 25.1 Å². The standard InChI is InChI=1S/C24H25Cl3N4O2S/c25-19-6-3-16(4-7-19)23-29-22(33-30-23)14-31-10-1-2-17(13-31)24(32)28-9-11-34-15-18-5-8-20(26)12-21(18)27/h3-8,12,17H,1-2,9-11,13-15H2,(H,28,32). The van der Waals surface area contributed by atoms with Crippen LogP contribution in [0.2, 0.25) is 15.1 Å². The summed E-state index contributed by atoms with van der Waals surface area (Å²) in [6, 6.07) is 12.9. The summed E-state index contributed by atoms with van der Waals surface area (Å²) in [5, 5.41) is 9.12. The number of carbonyl (C=O) groups excluding carboxylic acids is 1. The van der Waals surface area contributed by atoms with Gasteiger partial charge in [0, 0.05) is 45.2 Å². The van der Waals surface area contributed by atoms with Crippen molar-refractivity contribution in [1.29, 1.82) is 0 Å². The lowest BCUT2D eigenvalue weighted by atomic mass is 9.97. The van der Waals surface area contributed by atoms with Crippen LogP contribution in [0, 0.1) is 5.92 Å². The SMILES string of the molecule is O=C(NCCSCc1ccc(Cl)cc1Cl)C1CCCN(Cc2nc(-c3ccc(Cl)cc3)no2)C1. The largest absolute Gasteiger partial charge is 0.355 e. The molecule has 2 aromatic carbocycles. The molecular weight excluding hydrogens is 515 g/mol. The second-order valence-corrected chi connectivity index (χ2v) is 10.6. The summed E-state index contributed by atoms with van der Waals surface area (Å²) in [5.74, 6) is 2.74. The van der Waals surface area contributed by atoms with Gasteiger partial charge in [-0.2, -0.15) is 16.7 Å². The maximum atomic E-state index is 12.7. The molecule has 1 N–H and O–H groups in total. The van der Waals surface area contributed by atoms with E-state index in [0.29, 0.717) is 46.4 Å². The lowest BCUT2D eigenvalue weighted by Crippen LogP contribution is -2.43. The van der Waals surface area contributed by atoms with E-state index in [1.165, 1.54) is 0 Å². The zero-order valence-corrected chi connectivity index (χ0v) is 21.6. The van der Waals surface area contributed by atoms with E-state index in [4.69, 9.17) is 39.3 Å². The lowest BCUT2D eigenvalue weighted by molar-refractivity contribution is -0.126. The minimum atomic E-state index is -0.0388. The van der Waals surface area contributed by atoms with Crippen LogP contribution >= 0.6 is 46.6 Å². The summed E-state index contributed by atoms with van der Waals surface area (Å²) >= 11 is 19.8. The highest BCUT2D eigenvalue weighted by atomic mass is 35.5. The van der Waals surface area contributed by atoms with Gasteiger partial charge in [-0.1, -0.05) is 46.0 Å². The summed E-state index contributed by atoms with van der Waals surface area (Å²) < 4.78 is 5.44. The van der Waals surface area contributed by atoms with Crippen molar-refractivity contribution in [2.75, 3.05) is 25.4 Å². The quantitative estimate of drug-likeness (QED) is 0.338. The number of likely N-dealkylation sites (tertiary alicyclic amines) is 1. The average Bonchev–Trinajstić information content (AvgIpc) is 3.29. The molecule has 0 spiro atoms. The molecular formula is C24H25Cl3N4O2S. The Balaban J connectivity index is 1.19. The number of piperidine rings is 1. The number of rotatable bonds is 9. The fraction of sp³-hybridized carbons (Fsp3) is 0.375. The molecule has 1 aliphatic rings. The molecule has 3 aromatic rings. The molecule has 2 heterocycles. The van der Waals surface area contributed by atoms with Gasteiger partial charge >= 0.3 is 0 Å². The number of benzene rings is 2. The Kier molecular flexibility index (Phi) is 9.14. The molecule has 0 radical (unpaired) electrons. The van der Waals surface area contributed by atoms with Crippen molar-refractivity contribution in [3.8, 4) is 11.4 Å². The van der Waals surface area contributed by atoms with Crippen LogP contribution < -0.4 is 5.32 Å². The van der Waals surface area contributed by atoms with Gasteiger partial charge in [0.2, 0.25) is 17.6 Å². The Morgan fingerprint density at radius 2 is 1.94 bits per heavy atom. The van der Waals surface area contributed by atoms with Gasteiger partial charge in [0.25, 0.3) is 0 Å². The van der Waals surface area contributed by atoms with Gasteiger partial charge in [0.1, 0.15) is 0 Å². The molecule has 1 amide bonds. The summed E-state index contributed by atoms with van der Waals surface area (Å²) in [7, 11) is 0. The van der Waals surface area contributed by atoms with E-state index >= 15 is 0 Å². The number of thioether (sulfide) groups is 1. The minimum Gasteiger partial charge on any atom is -0.355 e. The molecule has 6 nitrogen and oxygen atoms in total. The van der Waals surface area contributed by atoms with Crippen LogP contribution in [-0.2, 0) is 17.1 Å². The van der Waals surface area contributed by atoms with Gasteiger partial charge < -0.3 is 9.84 Å². The molecule has 1 aromatic heterocycles. The zero-order chi connectivity index (χ0) is 23.9. The van der Waals surface area contributed by atoms with Crippen LogP contribution in [-0.4, -0.2) is 46.3 Å². The van der Waals surface area contributed by atoms with Crippen LogP contribution in [0.25, 0.3) is 11.4 Å². The summed E-state index contributed by atoms with van der Waals surface area (Å²) in [6.07, 6.45) is 1.84. The van der Waals surface area contributed by atoms with Crippen molar-refractivity contribution in [3.63, 3.8) is 0 Å². The molecule has 1 fully saturated rings. The fourth-order valence-corrected chi connectivity index (χ4v) is 5.39. The van der Waals surface area contributed by atoms with E-state index in [1.807, 2.05) is 24.3 Å². The zero-order valence-electron chi connectivity index (χ0n) is 18.5. The van der Waals surface area contributed by atoms with Crippen molar-refractivity contribution in [3.05, 3.63) is 69.0 Å². The van der Waals surface area contributed by atoms with Gasteiger partial charge in [-0.15, -0.1) is 0 Å². The average molecular weight is 540 g/mol. The first kappa shape index (κ1) is 25.3. The predicted molar refractivity (Wildman–Crippen MR) is 138 cm³/mol. The van der Waals surface area contributed by atoms with Crippen molar-refractivity contribution < 1.29 is 9.32 Å². The number of nitrogens with zero attached hydrogens (tertiary/aromatic N) is 3. The maximum Gasteiger partial charge on any atom is 0.241 e. The molecule has 34 heavy (non-hydrogen) atoms. The Morgan fingerprint density at radius 3 is 2.74 bits per heavy atom. The molecule has 1 atom stereocenters. The molecule has 0 saturated carbocycles. The highest BCUT2D eigenvalue weighted by Gasteiger charge is 2.26. The number of halogens is 3. The van der Waals surface area contributed by atoms with E-state index in [-0.39, 0.29) is 11.8 Å². The van der Waals surface area contributed by atoms with E-state index in [1.54, 1.807) is 30.0 Å². The van der Waals surface area contributed by atoms with Gasteiger partial charge in [-0.25, -0.2) is 0 Å². The lowest BCUT2D eigenvalue weighted by Gasteiger charge is -2.30. The third kappa shape index (κ3) is 7.12. The third-order valence-corrected chi connectivity index (χ3v) is 7.47. The van der Waals surface area contributed by atoms with E-state index in [2.05, 4.69) is 20.4 Å². The molecule has 1 unspecified atom stereocenters. The highest BCUT2D eigenvalue weighted by Crippen LogP contribution is 2.25. The van der Waals surface area contributed by atoms with Gasteiger partial charge in [-0.05, 0) is 61.3 Å². The molecule has 4 rings (SSSR count). The summed E-state index contributed by atoms with van der Waals surface area (Å²) in [5.41, 5.74) is 1.90. The van der Waals surface area contributed by atoms with Gasteiger partial charge in [0.05, 0.1) is 12.5 Å². The summed E-state index contributed by atoms with van der Waals surface area (Å²) in [6.45, 7) is 2.74. The number of nitrogens with one attached hydrogen (secondary N) is 1. The molecule has 1 aliphatic heterocycles. The van der Waals surface area contributed by atoms with Crippen molar-refractivity contribution in [1.82, 2.24) is 20.4 Å². The number of carbonyl (C=O) groups is 1. The number of hydrogen-bond acceptors (Lipinski definition) is 6. The predicted octanol–water partition coefficient (Wildman–Crippen LogP) is 5.96. The molecule has 180 valence electrons. The first-order valence-electron chi connectivity index (χ1n) is 11.1. The van der Waals surface area contributed by atoms with Crippen LogP contribution in [0.15, 0.2) is 47.0 Å². The Hall–Kier alpha value is -1.77. The van der Waals surface area contributed by atoms with Crippen molar-refractivity contribution >= 4 is 52.5 Å². The Morgan fingerprint density at radius 1 is 1.15 bits per heavy atom. The molecule has 0 bridgehead atoms. The fourth-order valence-electron chi connectivity index (χ4n) is 3.85. The van der Waals surface area contributed by atoms with Crippen LogP contribution in [0.4, 0.5) is 0 Å². The normalized spacial score (nSPS) is 16.5. The molecule has 1 saturated heterocycles. The second kappa shape index (κ2) is 12.3. The topological polar surface area (TPSA) is 71.3 Å². The minimum absolute atomic E-state index is 0.0388. The van der Waals surface area contributed by atoms with Crippen molar-refractivity contribution in [2.24, 2.45) is 5.92 Å². The number of amides is 1. The highest BCUT2D eigenvalue weighted by molar-refractivity contribution is 7.98. The number of hydrogen-bond donors (Lipinski definition) is 1. The third-order valence-electron chi connectivity index (χ3n) is 5.62. The maximum absolute atomic E-state index is 12.7. The first-order chi connectivity index (χ1) is 16.5. The van der Waals surface area contributed by atoms with Crippen LogP contribution in [0.1, 0.15) is 24.3 Å². The summed E-state index contributed by atoms with van der Waals surface area (Å²) in [4.78, 5) is 19.4. The Bertz CT molecular complexity index is 1110. The number of aromatic nitrogens is 2.